The number of nitrogens with zero attached hydrogens (tertiary/aromatic N) is 3. The Kier molecular flexibility index (Phi) is 6.64. The first-order valence-electron chi connectivity index (χ1n) is 10.8. The molecule has 1 aliphatic rings. The molecule has 0 spiro atoms. The van der Waals surface area contributed by atoms with E-state index in [1.54, 1.807) is 31.2 Å². The van der Waals surface area contributed by atoms with Gasteiger partial charge in [0.2, 0.25) is 0 Å². The fraction of sp³-hybridized carbons (Fsp3) is 0.636. The second-order valence-corrected chi connectivity index (χ2v) is 10.0. The molecule has 10 nitrogen and oxygen atoms in total. The third kappa shape index (κ3) is 6.32. The van der Waals surface area contributed by atoms with Crippen LogP contribution in [-0.2, 0) is 20.8 Å². The number of pyridine rings is 1. The molecule has 0 saturated heterocycles. The number of anilines is 1. The van der Waals surface area contributed by atoms with Gasteiger partial charge in [0.25, 0.3) is 0 Å². The molecule has 2 atom stereocenters. The largest absolute Gasteiger partial charge is 0.444 e. The zero-order valence-corrected chi connectivity index (χ0v) is 19.8. The Bertz CT molecular complexity index is 989. The van der Waals surface area contributed by atoms with Gasteiger partial charge < -0.3 is 19.5 Å². The summed E-state index contributed by atoms with van der Waals surface area (Å²) in [5.41, 5.74) is 0.663. The quantitative estimate of drug-likeness (QED) is 0.713. The van der Waals surface area contributed by atoms with E-state index in [0.29, 0.717) is 23.8 Å². The number of aryl methyl sites for hydroxylation is 1. The highest BCUT2D eigenvalue weighted by molar-refractivity contribution is 5.89. The molecule has 3 rings (SSSR count). The SMILES string of the molecule is Cc1nnc2c(NC(=O)OC(C)(C)C)cc(CO[C@@H]3CC[C@H]3NC(=O)OC(C)(C)C)cn12. The van der Waals surface area contributed by atoms with Crippen molar-refractivity contribution in [2.75, 3.05) is 5.32 Å². The molecule has 2 heterocycles. The van der Waals surface area contributed by atoms with Crippen molar-refractivity contribution in [2.24, 2.45) is 0 Å². The lowest BCUT2D eigenvalue weighted by Crippen LogP contribution is -2.52. The Hall–Kier alpha value is -2.88. The van der Waals surface area contributed by atoms with Gasteiger partial charge in [-0.25, -0.2) is 9.59 Å². The Balaban J connectivity index is 1.66. The average molecular weight is 448 g/mol. The van der Waals surface area contributed by atoms with Gasteiger partial charge in [-0.15, -0.1) is 10.2 Å². The summed E-state index contributed by atoms with van der Waals surface area (Å²) in [5, 5.41) is 13.9. The molecule has 0 unspecified atom stereocenters. The second-order valence-electron chi connectivity index (χ2n) is 10.0. The molecule has 0 bridgehead atoms. The van der Waals surface area contributed by atoms with Gasteiger partial charge in [0, 0.05) is 6.20 Å². The van der Waals surface area contributed by atoms with Gasteiger partial charge in [-0.1, -0.05) is 0 Å². The van der Waals surface area contributed by atoms with Gasteiger partial charge >= 0.3 is 12.2 Å². The van der Waals surface area contributed by atoms with Crippen LogP contribution in [0.2, 0.25) is 0 Å². The lowest BCUT2D eigenvalue weighted by Gasteiger charge is -2.37. The van der Waals surface area contributed by atoms with Crippen LogP contribution < -0.4 is 10.6 Å². The number of alkyl carbamates (subject to hydrolysis) is 1. The van der Waals surface area contributed by atoms with Crippen molar-refractivity contribution in [1.29, 1.82) is 0 Å². The van der Waals surface area contributed by atoms with Crippen molar-refractivity contribution < 1.29 is 23.8 Å². The van der Waals surface area contributed by atoms with E-state index in [-0.39, 0.29) is 12.1 Å². The van der Waals surface area contributed by atoms with Gasteiger partial charge in [-0.2, -0.15) is 0 Å². The number of aromatic nitrogens is 3. The number of amides is 2. The van der Waals surface area contributed by atoms with Crippen LogP contribution in [-0.4, -0.2) is 50.1 Å². The van der Waals surface area contributed by atoms with Crippen molar-refractivity contribution in [3.63, 3.8) is 0 Å². The third-order valence-electron chi connectivity index (χ3n) is 4.74. The minimum Gasteiger partial charge on any atom is -0.444 e. The van der Waals surface area contributed by atoms with Crippen molar-refractivity contribution >= 4 is 23.5 Å². The van der Waals surface area contributed by atoms with Crippen molar-refractivity contribution in [3.8, 4) is 0 Å². The van der Waals surface area contributed by atoms with Crippen LogP contribution in [0.4, 0.5) is 15.3 Å². The first-order chi connectivity index (χ1) is 14.8. The highest BCUT2D eigenvalue weighted by Crippen LogP contribution is 2.26. The molecule has 176 valence electrons. The molecule has 10 heteroatoms. The molecule has 0 aliphatic heterocycles. The molecular weight excluding hydrogens is 414 g/mol. The summed E-state index contributed by atoms with van der Waals surface area (Å²) in [7, 11) is 0. The number of hydrogen-bond acceptors (Lipinski definition) is 7. The zero-order chi connectivity index (χ0) is 23.7. The predicted octanol–water partition coefficient (Wildman–Crippen LogP) is 3.96. The van der Waals surface area contributed by atoms with Crippen LogP contribution in [0.25, 0.3) is 5.65 Å². The molecule has 1 fully saturated rings. The maximum Gasteiger partial charge on any atom is 0.412 e. The van der Waals surface area contributed by atoms with E-state index in [4.69, 9.17) is 14.2 Å². The summed E-state index contributed by atoms with van der Waals surface area (Å²) in [6, 6.07) is 1.70. The highest BCUT2D eigenvalue weighted by atomic mass is 16.6. The zero-order valence-electron chi connectivity index (χ0n) is 19.8. The Labute approximate surface area is 188 Å². The van der Waals surface area contributed by atoms with E-state index >= 15 is 0 Å². The van der Waals surface area contributed by atoms with Crippen LogP contribution in [0.5, 0.6) is 0 Å². The maximum absolute atomic E-state index is 12.3. The van der Waals surface area contributed by atoms with Crippen molar-refractivity contribution in [2.45, 2.75) is 91.3 Å². The molecule has 32 heavy (non-hydrogen) atoms. The van der Waals surface area contributed by atoms with E-state index in [1.165, 1.54) is 0 Å². The fourth-order valence-corrected chi connectivity index (χ4v) is 3.24. The monoisotopic (exact) mass is 447 g/mol. The molecule has 2 aromatic heterocycles. The first kappa shape index (κ1) is 23.8. The highest BCUT2D eigenvalue weighted by Gasteiger charge is 2.34. The second kappa shape index (κ2) is 8.93. The Morgan fingerprint density at radius 3 is 2.31 bits per heavy atom. The smallest absolute Gasteiger partial charge is 0.412 e. The predicted molar refractivity (Wildman–Crippen MR) is 119 cm³/mol. The molecule has 2 aromatic rings. The van der Waals surface area contributed by atoms with Gasteiger partial charge in [0.05, 0.1) is 24.4 Å². The number of hydrogen-bond donors (Lipinski definition) is 2. The van der Waals surface area contributed by atoms with Gasteiger partial charge in [0.1, 0.15) is 17.0 Å². The number of fused-ring (bicyclic) bond motifs is 1. The average Bonchev–Trinajstić information content (AvgIpc) is 2.97. The molecular formula is C22H33N5O5. The number of carbonyl (C=O) groups is 2. The van der Waals surface area contributed by atoms with Crippen LogP contribution in [0.1, 0.15) is 65.8 Å². The lowest BCUT2D eigenvalue weighted by molar-refractivity contribution is -0.0392. The third-order valence-corrected chi connectivity index (χ3v) is 4.74. The maximum atomic E-state index is 12.3. The topological polar surface area (TPSA) is 116 Å². The van der Waals surface area contributed by atoms with E-state index in [0.717, 1.165) is 18.4 Å². The van der Waals surface area contributed by atoms with Crippen LogP contribution in [0.15, 0.2) is 12.3 Å². The summed E-state index contributed by atoms with van der Waals surface area (Å²) < 4.78 is 18.5. The number of carbonyl (C=O) groups excluding carboxylic acids is 2. The van der Waals surface area contributed by atoms with E-state index in [2.05, 4.69) is 20.8 Å². The summed E-state index contributed by atoms with van der Waals surface area (Å²) in [6.07, 6.45) is 2.43. The molecule has 2 N–H and O–H groups in total. The summed E-state index contributed by atoms with van der Waals surface area (Å²) in [5.74, 6) is 0.683. The van der Waals surface area contributed by atoms with Gasteiger partial charge in [-0.3, -0.25) is 9.72 Å². The molecule has 1 aliphatic carbocycles. The van der Waals surface area contributed by atoms with E-state index in [9.17, 15) is 9.59 Å². The molecule has 0 radical (unpaired) electrons. The minimum atomic E-state index is -0.620. The van der Waals surface area contributed by atoms with Crippen LogP contribution in [0.3, 0.4) is 0 Å². The van der Waals surface area contributed by atoms with E-state index in [1.807, 2.05) is 33.9 Å². The van der Waals surface area contributed by atoms with Crippen LogP contribution in [0, 0.1) is 6.92 Å². The summed E-state index contributed by atoms with van der Waals surface area (Å²) >= 11 is 0. The lowest BCUT2D eigenvalue weighted by atomic mass is 9.89. The molecule has 1 saturated carbocycles. The number of rotatable bonds is 5. The van der Waals surface area contributed by atoms with Crippen molar-refractivity contribution in [1.82, 2.24) is 19.9 Å². The normalized spacial score (nSPS) is 18.7. The Morgan fingerprint density at radius 2 is 1.72 bits per heavy atom. The van der Waals surface area contributed by atoms with Gasteiger partial charge in [-0.05, 0) is 72.9 Å². The first-order valence-corrected chi connectivity index (χ1v) is 10.8. The summed E-state index contributed by atoms with van der Waals surface area (Å²) in [4.78, 5) is 24.3. The standard InChI is InChI=1S/C22H33N5O5/c1-13-25-26-18-16(24-20(29)32-22(5,6)7)10-14(11-27(13)18)12-30-17-9-8-15(17)23-19(28)31-21(2,3)4/h10-11,15,17H,8-9,12H2,1-7H3,(H,23,28)(H,24,29)/t15-,17-/m1/s1. The Morgan fingerprint density at radius 1 is 1.06 bits per heavy atom. The van der Waals surface area contributed by atoms with Crippen molar-refractivity contribution in [3.05, 3.63) is 23.7 Å². The van der Waals surface area contributed by atoms with Gasteiger partial charge in [0.15, 0.2) is 5.65 Å². The molecule has 0 aromatic carbocycles. The minimum absolute atomic E-state index is 0.0930. The van der Waals surface area contributed by atoms with E-state index < -0.39 is 23.4 Å². The van der Waals surface area contributed by atoms with Crippen LogP contribution >= 0.6 is 0 Å². The molecule has 2 amide bonds. The fourth-order valence-electron chi connectivity index (χ4n) is 3.24. The number of nitrogens with one attached hydrogen (secondary N) is 2. The summed E-state index contributed by atoms with van der Waals surface area (Å²) in [6.45, 7) is 13.0. The number of ether oxygens (including phenoxy) is 3.